The second kappa shape index (κ2) is 7.52. The highest BCUT2D eigenvalue weighted by molar-refractivity contribution is 5.93. The standard InChI is InChI=1S/C18H18FN3O/c1-13(22(2)12-15-5-3-4-6-17(15)19)18(23)21-16-9-7-14(11-20)8-10-16/h3-10,13H,12H2,1-2H3,(H,21,23)/p+1/t13-/m1/s1. The van der Waals surface area contributed by atoms with Gasteiger partial charge in [-0.2, -0.15) is 5.26 Å². The minimum atomic E-state index is -0.342. The van der Waals surface area contributed by atoms with Gasteiger partial charge in [0.25, 0.3) is 5.91 Å². The monoisotopic (exact) mass is 312 g/mol. The summed E-state index contributed by atoms with van der Waals surface area (Å²) in [5, 5.41) is 11.6. The topological polar surface area (TPSA) is 57.3 Å². The summed E-state index contributed by atoms with van der Waals surface area (Å²) in [6, 6.07) is 14.9. The second-order valence-electron chi connectivity index (χ2n) is 5.51. The summed E-state index contributed by atoms with van der Waals surface area (Å²) in [7, 11) is 1.86. The van der Waals surface area contributed by atoms with Crippen molar-refractivity contribution in [3.8, 4) is 6.07 Å². The van der Waals surface area contributed by atoms with Crippen LogP contribution in [0.4, 0.5) is 10.1 Å². The van der Waals surface area contributed by atoms with Gasteiger partial charge in [0.2, 0.25) is 0 Å². The van der Waals surface area contributed by atoms with Crippen molar-refractivity contribution in [2.45, 2.75) is 19.5 Å². The first-order valence-electron chi connectivity index (χ1n) is 7.38. The number of hydrogen-bond donors (Lipinski definition) is 2. The number of anilines is 1. The minimum absolute atomic E-state index is 0.149. The van der Waals surface area contributed by atoms with Crippen molar-refractivity contribution in [1.29, 1.82) is 5.26 Å². The number of hydrogen-bond acceptors (Lipinski definition) is 2. The molecular weight excluding hydrogens is 293 g/mol. The molecule has 0 aliphatic rings. The van der Waals surface area contributed by atoms with Gasteiger partial charge in [0.1, 0.15) is 12.4 Å². The molecule has 0 saturated heterocycles. The third-order valence-electron chi connectivity index (χ3n) is 3.84. The van der Waals surface area contributed by atoms with E-state index in [9.17, 15) is 9.18 Å². The van der Waals surface area contributed by atoms with Crippen molar-refractivity contribution in [3.63, 3.8) is 0 Å². The molecule has 2 aromatic carbocycles. The number of quaternary nitrogens is 1. The van der Waals surface area contributed by atoms with Crippen molar-refractivity contribution < 1.29 is 14.1 Å². The van der Waals surface area contributed by atoms with E-state index in [4.69, 9.17) is 5.26 Å². The van der Waals surface area contributed by atoms with Gasteiger partial charge >= 0.3 is 0 Å². The predicted molar refractivity (Wildman–Crippen MR) is 86.2 cm³/mol. The van der Waals surface area contributed by atoms with Crippen molar-refractivity contribution in [3.05, 3.63) is 65.5 Å². The first-order valence-corrected chi connectivity index (χ1v) is 7.38. The molecule has 2 aromatic rings. The van der Waals surface area contributed by atoms with Crippen LogP contribution in [0.15, 0.2) is 48.5 Å². The summed E-state index contributed by atoms with van der Waals surface area (Å²) in [5.74, 6) is -0.407. The Morgan fingerprint density at radius 2 is 1.91 bits per heavy atom. The molecule has 0 bridgehead atoms. The molecule has 0 spiro atoms. The fourth-order valence-electron chi connectivity index (χ4n) is 2.20. The van der Waals surface area contributed by atoms with E-state index in [2.05, 4.69) is 5.32 Å². The van der Waals surface area contributed by atoms with Crippen molar-refractivity contribution in [1.82, 2.24) is 0 Å². The minimum Gasteiger partial charge on any atom is -0.324 e. The summed E-state index contributed by atoms with van der Waals surface area (Å²) in [6.07, 6.45) is 0. The van der Waals surface area contributed by atoms with E-state index in [0.717, 1.165) is 4.90 Å². The van der Waals surface area contributed by atoms with Crippen LogP contribution in [0.1, 0.15) is 18.1 Å². The molecule has 0 fully saturated rings. The average molecular weight is 312 g/mol. The van der Waals surface area contributed by atoms with Gasteiger partial charge in [-0.25, -0.2) is 4.39 Å². The molecule has 0 aromatic heterocycles. The summed E-state index contributed by atoms with van der Waals surface area (Å²) in [5.41, 5.74) is 1.76. The fourth-order valence-corrected chi connectivity index (χ4v) is 2.20. The first kappa shape index (κ1) is 16.7. The molecule has 23 heavy (non-hydrogen) atoms. The SMILES string of the molecule is C[C@H](C(=O)Nc1ccc(C#N)cc1)[NH+](C)Cc1ccccc1F. The molecule has 5 heteroatoms. The van der Waals surface area contributed by atoms with Gasteiger partial charge in [0.05, 0.1) is 18.7 Å². The van der Waals surface area contributed by atoms with E-state index < -0.39 is 0 Å². The van der Waals surface area contributed by atoms with Crippen LogP contribution in [0, 0.1) is 17.1 Å². The number of nitrogens with one attached hydrogen (secondary N) is 2. The summed E-state index contributed by atoms with van der Waals surface area (Å²) in [4.78, 5) is 13.2. The lowest BCUT2D eigenvalue weighted by Crippen LogP contribution is -3.12. The Morgan fingerprint density at radius 1 is 1.26 bits per heavy atom. The number of carbonyl (C=O) groups excluding carboxylic acids is 1. The summed E-state index contributed by atoms with van der Waals surface area (Å²) in [6.45, 7) is 2.23. The van der Waals surface area contributed by atoms with Gasteiger partial charge in [0, 0.05) is 11.3 Å². The van der Waals surface area contributed by atoms with Gasteiger partial charge in [-0.15, -0.1) is 0 Å². The number of nitriles is 1. The number of halogens is 1. The van der Waals surface area contributed by atoms with Crippen molar-refractivity contribution in [2.75, 3.05) is 12.4 Å². The molecule has 0 aliphatic heterocycles. The quantitative estimate of drug-likeness (QED) is 0.883. The third-order valence-corrected chi connectivity index (χ3v) is 3.84. The maximum absolute atomic E-state index is 13.7. The zero-order valence-corrected chi connectivity index (χ0v) is 13.1. The van der Waals surface area contributed by atoms with Gasteiger partial charge in [-0.1, -0.05) is 18.2 Å². The van der Waals surface area contributed by atoms with Crippen LogP contribution in [0.5, 0.6) is 0 Å². The number of rotatable bonds is 5. The lowest BCUT2D eigenvalue weighted by Gasteiger charge is -2.21. The maximum atomic E-state index is 13.7. The van der Waals surface area contributed by atoms with E-state index in [1.165, 1.54) is 6.07 Å². The maximum Gasteiger partial charge on any atom is 0.282 e. The lowest BCUT2D eigenvalue weighted by molar-refractivity contribution is -0.908. The van der Waals surface area contributed by atoms with Crippen LogP contribution >= 0.6 is 0 Å². The molecule has 0 saturated carbocycles. The van der Waals surface area contributed by atoms with Crippen molar-refractivity contribution >= 4 is 11.6 Å². The zero-order chi connectivity index (χ0) is 16.8. The van der Waals surface area contributed by atoms with Gasteiger partial charge < -0.3 is 10.2 Å². The molecule has 4 nitrogen and oxygen atoms in total. The normalized spacial score (nSPS) is 13.0. The van der Waals surface area contributed by atoms with Crippen molar-refractivity contribution in [2.24, 2.45) is 0 Å². The molecule has 118 valence electrons. The molecule has 2 N–H and O–H groups in total. The van der Waals surface area contributed by atoms with Crippen LogP contribution in [0.2, 0.25) is 0 Å². The number of benzene rings is 2. The number of likely N-dealkylation sites (N-methyl/N-ethyl adjacent to an activating group) is 1. The Kier molecular flexibility index (Phi) is 5.45. The fraction of sp³-hybridized carbons (Fsp3) is 0.222. The molecule has 0 radical (unpaired) electrons. The Hall–Kier alpha value is -2.71. The van der Waals surface area contributed by atoms with Gasteiger partial charge in [-0.05, 0) is 37.3 Å². The molecule has 1 amide bonds. The van der Waals surface area contributed by atoms with E-state index in [-0.39, 0.29) is 17.8 Å². The summed E-state index contributed by atoms with van der Waals surface area (Å²) >= 11 is 0. The summed E-state index contributed by atoms with van der Waals surface area (Å²) < 4.78 is 13.7. The van der Waals surface area contributed by atoms with Crippen LogP contribution in [-0.4, -0.2) is 19.0 Å². The Labute approximate surface area is 135 Å². The Balaban J connectivity index is 1.98. The highest BCUT2D eigenvalue weighted by atomic mass is 19.1. The average Bonchev–Trinajstić information content (AvgIpc) is 2.56. The third kappa shape index (κ3) is 4.38. The van der Waals surface area contributed by atoms with Crippen LogP contribution in [-0.2, 0) is 11.3 Å². The van der Waals surface area contributed by atoms with Crippen LogP contribution in [0.3, 0.4) is 0 Å². The highest BCUT2D eigenvalue weighted by Crippen LogP contribution is 2.09. The second-order valence-corrected chi connectivity index (χ2v) is 5.51. The number of carbonyl (C=O) groups is 1. The molecule has 2 atom stereocenters. The molecular formula is C18H19FN3O+. The van der Waals surface area contributed by atoms with Crippen LogP contribution < -0.4 is 10.2 Å². The molecule has 0 heterocycles. The molecule has 1 unspecified atom stereocenters. The smallest absolute Gasteiger partial charge is 0.282 e. The van der Waals surface area contributed by atoms with E-state index in [0.29, 0.717) is 23.4 Å². The highest BCUT2D eigenvalue weighted by Gasteiger charge is 2.22. The molecule has 2 rings (SSSR count). The van der Waals surface area contributed by atoms with E-state index in [1.807, 2.05) is 13.1 Å². The lowest BCUT2D eigenvalue weighted by atomic mass is 10.1. The van der Waals surface area contributed by atoms with Gasteiger partial charge in [0.15, 0.2) is 6.04 Å². The Bertz CT molecular complexity index is 722. The van der Waals surface area contributed by atoms with E-state index >= 15 is 0 Å². The zero-order valence-electron chi connectivity index (χ0n) is 13.1. The Morgan fingerprint density at radius 3 is 2.52 bits per heavy atom. The molecule has 0 aliphatic carbocycles. The predicted octanol–water partition coefficient (Wildman–Crippen LogP) is 1.74. The van der Waals surface area contributed by atoms with E-state index in [1.54, 1.807) is 49.4 Å². The van der Waals surface area contributed by atoms with Gasteiger partial charge in [-0.3, -0.25) is 4.79 Å². The number of amides is 1. The largest absolute Gasteiger partial charge is 0.324 e. The number of nitrogens with zero attached hydrogens (tertiary/aromatic N) is 1. The first-order chi connectivity index (χ1) is 11.0. The van der Waals surface area contributed by atoms with Crippen LogP contribution in [0.25, 0.3) is 0 Å².